The van der Waals surface area contributed by atoms with Crippen LogP contribution in [-0.4, -0.2) is 25.9 Å². The first-order valence-corrected chi connectivity index (χ1v) is 9.05. The molecule has 0 atom stereocenters. The molecule has 0 bridgehead atoms. The summed E-state index contributed by atoms with van der Waals surface area (Å²) in [7, 11) is 0. The van der Waals surface area contributed by atoms with Gasteiger partial charge in [0.15, 0.2) is 11.5 Å². The summed E-state index contributed by atoms with van der Waals surface area (Å²) in [6, 6.07) is 19.9. The van der Waals surface area contributed by atoms with Gasteiger partial charge in [0.25, 0.3) is 0 Å². The first kappa shape index (κ1) is 17.2. The Morgan fingerprint density at radius 2 is 1.81 bits per heavy atom. The van der Waals surface area contributed by atoms with Gasteiger partial charge in [-0.1, -0.05) is 36.4 Å². The lowest BCUT2D eigenvalue weighted by molar-refractivity contribution is -0.121. The number of ether oxygens (including phenoxy) is 3. The maximum absolute atomic E-state index is 12.0. The summed E-state index contributed by atoms with van der Waals surface area (Å²) < 4.78 is 16.4. The van der Waals surface area contributed by atoms with Crippen molar-refractivity contribution < 1.29 is 19.0 Å². The molecule has 0 aliphatic carbocycles. The average molecular weight is 363 g/mol. The molecule has 0 unspecified atom stereocenters. The van der Waals surface area contributed by atoms with Crippen molar-refractivity contribution >= 4 is 16.7 Å². The van der Waals surface area contributed by atoms with Crippen LogP contribution in [0.5, 0.6) is 17.2 Å². The Bertz CT molecular complexity index is 954. The zero-order chi connectivity index (χ0) is 18.5. The van der Waals surface area contributed by atoms with Crippen molar-refractivity contribution in [3.8, 4) is 17.2 Å². The Kier molecular flexibility index (Phi) is 5.10. The minimum Gasteiger partial charge on any atom is -0.492 e. The Morgan fingerprint density at radius 1 is 0.963 bits per heavy atom. The normalized spacial score (nSPS) is 12.1. The standard InChI is InChI=1S/C22H21NO4/c24-22(10-6-16-5-9-20-21(13-16)27-15-26-20)23-11-12-25-19-8-7-17-3-1-2-4-18(17)14-19/h1-5,7-9,13-14H,6,10-12,15H2,(H,23,24). The molecule has 27 heavy (non-hydrogen) atoms. The number of carbonyl (C=O) groups is 1. The second kappa shape index (κ2) is 7.99. The molecule has 5 nitrogen and oxygen atoms in total. The van der Waals surface area contributed by atoms with Crippen LogP contribution < -0.4 is 19.5 Å². The number of amides is 1. The van der Waals surface area contributed by atoms with Crippen molar-refractivity contribution in [1.82, 2.24) is 5.32 Å². The van der Waals surface area contributed by atoms with E-state index in [4.69, 9.17) is 14.2 Å². The van der Waals surface area contributed by atoms with Crippen LogP contribution in [0.4, 0.5) is 0 Å². The highest BCUT2D eigenvalue weighted by Gasteiger charge is 2.13. The molecule has 1 amide bonds. The molecule has 3 aromatic rings. The van der Waals surface area contributed by atoms with Gasteiger partial charge in [-0.15, -0.1) is 0 Å². The van der Waals surface area contributed by atoms with E-state index >= 15 is 0 Å². The van der Waals surface area contributed by atoms with Gasteiger partial charge in [0.1, 0.15) is 12.4 Å². The molecule has 4 rings (SSSR count). The first-order chi connectivity index (χ1) is 13.3. The van der Waals surface area contributed by atoms with Crippen molar-refractivity contribution in [2.45, 2.75) is 12.8 Å². The molecule has 1 aliphatic rings. The van der Waals surface area contributed by atoms with Crippen molar-refractivity contribution in [1.29, 1.82) is 0 Å². The van der Waals surface area contributed by atoms with Crippen LogP contribution in [0, 0.1) is 0 Å². The topological polar surface area (TPSA) is 56.8 Å². The van der Waals surface area contributed by atoms with Gasteiger partial charge in [-0.3, -0.25) is 4.79 Å². The number of nitrogens with one attached hydrogen (secondary N) is 1. The molecule has 138 valence electrons. The molecule has 1 heterocycles. The van der Waals surface area contributed by atoms with Crippen LogP contribution in [0.1, 0.15) is 12.0 Å². The summed E-state index contributed by atoms with van der Waals surface area (Å²) in [6.45, 7) is 1.18. The minimum absolute atomic E-state index is 0.00905. The Hall–Kier alpha value is -3.21. The molecule has 1 aliphatic heterocycles. The predicted octanol–water partition coefficient (Wildman–Crippen LogP) is 3.70. The number of fused-ring (bicyclic) bond motifs is 2. The maximum atomic E-state index is 12.0. The van der Waals surface area contributed by atoms with E-state index in [0.717, 1.165) is 28.2 Å². The number of hydrogen-bond donors (Lipinski definition) is 1. The highest BCUT2D eigenvalue weighted by molar-refractivity contribution is 5.83. The van der Waals surface area contributed by atoms with Gasteiger partial charge in [0, 0.05) is 6.42 Å². The summed E-state index contributed by atoms with van der Waals surface area (Å²) in [5, 5.41) is 5.22. The third-order valence-corrected chi connectivity index (χ3v) is 4.49. The third-order valence-electron chi connectivity index (χ3n) is 4.49. The SMILES string of the molecule is O=C(CCc1ccc2c(c1)OCO2)NCCOc1ccc2ccccc2c1. The van der Waals surface area contributed by atoms with E-state index in [9.17, 15) is 4.79 Å². The highest BCUT2D eigenvalue weighted by Crippen LogP contribution is 2.32. The van der Waals surface area contributed by atoms with Crippen LogP contribution in [0.2, 0.25) is 0 Å². The van der Waals surface area contributed by atoms with E-state index in [1.807, 2.05) is 48.5 Å². The fraction of sp³-hybridized carbons (Fsp3) is 0.227. The van der Waals surface area contributed by atoms with Crippen LogP contribution in [0.15, 0.2) is 60.7 Å². The number of benzene rings is 3. The van der Waals surface area contributed by atoms with Gasteiger partial charge >= 0.3 is 0 Å². The fourth-order valence-electron chi connectivity index (χ4n) is 3.06. The summed E-state index contributed by atoms with van der Waals surface area (Å²) in [5.41, 5.74) is 1.06. The molecule has 0 aromatic heterocycles. The second-order valence-electron chi connectivity index (χ2n) is 6.39. The monoisotopic (exact) mass is 363 g/mol. The van der Waals surface area contributed by atoms with E-state index in [1.54, 1.807) is 0 Å². The van der Waals surface area contributed by atoms with Crippen molar-refractivity contribution in [3.05, 3.63) is 66.2 Å². The van der Waals surface area contributed by atoms with E-state index in [0.29, 0.717) is 26.0 Å². The molecule has 0 saturated heterocycles. The fourth-order valence-corrected chi connectivity index (χ4v) is 3.06. The molecule has 5 heteroatoms. The van der Waals surface area contributed by atoms with Crippen molar-refractivity contribution in [2.75, 3.05) is 19.9 Å². The second-order valence-corrected chi connectivity index (χ2v) is 6.39. The molecule has 0 radical (unpaired) electrons. The molecule has 0 saturated carbocycles. The van der Waals surface area contributed by atoms with Gasteiger partial charge < -0.3 is 19.5 Å². The van der Waals surface area contributed by atoms with Crippen LogP contribution in [0.3, 0.4) is 0 Å². The summed E-state index contributed by atoms with van der Waals surface area (Å²) >= 11 is 0. The van der Waals surface area contributed by atoms with Gasteiger partial charge in [-0.05, 0) is 47.0 Å². The molecule has 0 spiro atoms. The number of aryl methyl sites for hydroxylation is 1. The maximum Gasteiger partial charge on any atom is 0.231 e. The molecular weight excluding hydrogens is 342 g/mol. The van der Waals surface area contributed by atoms with E-state index < -0.39 is 0 Å². The Labute approximate surface area is 157 Å². The van der Waals surface area contributed by atoms with E-state index in [1.165, 1.54) is 5.39 Å². The lowest BCUT2D eigenvalue weighted by Crippen LogP contribution is -2.28. The lowest BCUT2D eigenvalue weighted by Gasteiger charge is -2.09. The number of rotatable bonds is 7. The smallest absolute Gasteiger partial charge is 0.231 e. The van der Waals surface area contributed by atoms with E-state index in [-0.39, 0.29) is 12.7 Å². The predicted molar refractivity (Wildman–Crippen MR) is 103 cm³/mol. The zero-order valence-corrected chi connectivity index (χ0v) is 14.9. The number of carbonyl (C=O) groups excluding carboxylic acids is 1. The molecule has 3 aromatic carbocycles. The quantitative estimate of drug-likeness (QED) is 0.651. The van der Waals surface area contributed by atoms with Crippen LogP contribution >= 0.6 is 0 Å². The van der Waals surface area contributed by atoms with Crippen LogP contribution in [-0.2, 0) is 11.2 Å². The van der Waals surface area contributed by atoms with Crippen LogP contribution in [0.25, 0.3) is 10.8 Å². The molecular formula is C22H21NO4. The van der Waals surface area contributed by atoms with Gasteiger partial charge in [-0.25, -0.2) is 0 Å². The minimum atomic E-state index is 0.00905. The van der Waals surface area contributed by atoms with Gasteiger partial charge in [0.2, 0.25) is 12.7 Å². The van der Waals surface area contributed by atoms with Crippen molar-refractivity contribution in [2.24, 2.45) is 0 Å². The lowest BCUT2D eigenvalue weighted by atomic mass is 10.1. The summed E-state index contributed by atoms with van der Waals surface area (Å²) in [5.74, 6) is 2.32. The summed E-state index contributed by atoms with van der Waals surface area (Å²) in [4.78, 5) is 12.0. The van der Waals surface area contributed by atoms with Crippen molar-refractivity contribution in [3.63, 3.8) is 0 Å². The number of hydrogen-bond acceptors (Lipinski definition) is 4. The Morgan fingerprint density at radius 3 is 2.74 bits per heavy atom. The molecule has 1 N–H and O–H groups in total. The van der Waals surface area contributed by atoms with Gasteiger partial charge in [-0.2, -0.15) is 0 Å². The molecule has 0 fully saturated rings. The largest absolute Gasteiger partial charge is 0.492 e. The van der Waals surface area contributed by atoms with Gasteiger partial charge in [0.05, 0.1) is 6.54 Å². The van der Waals surface area contributed by atoms with E-state index in [2.05, 4.69) is 17.4 Å². The Balaban J connectivity index is 1.19. The average Bonchev–Trinajstić information content (AvgIpc) is 3.17. The first-order valence-electron chi connectivity index (χ1n) is 9.05. The highest BCUT2D eigenvalue weighted by atomic mass is 16.7. The third kappa shape index (κ3) is 4.31. The zero-order valence-electron chi connectivity index (χ0n) is 14.9. The summed E-state index contributed by atoms with van der Waals surface area (Å²) in [6.07, 6.45) is 1.09.